The quantitative estimate of drug-likeness (QED) is 0.910. The molecule has 0 aromatic carbocycles. The molecule has 3 heterocycles. The highest BCUT2D eigenvalue weighted by molar-refractivity contribution is 5.94. The number of aromatic nitrogens is 3. The van der Waals surface area contributed by atoms with Gasteiger partial charge in [-0.2, -0.15) is 5.10 Å². The number of hydrogen-bond donors (Lipinski definition) is 1. The normalized spacial score (nSPS) is 20.1. The van der Waals surface area contributed by atoms with E-state index < -0.39 is 0 Å². The Morgan fingerprint density at radius 1 is 1.28 bits per heavy atom. The summed E-state index contributed by atoms with van der Waals surface area (Å²) >= 11 is 0. The van der Waals surface area contributed by atoms with Crippen LogP contribution in [0.25, 0.3) is 0 Å². The molecule has 1 aliphatic heterocycles. The number of carbonyl (C=O) groups excluding carboxylic acids is 1. The minimum atomic E-state index is 0.0782. The number of pyridine rings is 1. The van der Waals surface area contributed by atoms with Gasteiger partial charge in [0.1, 0.15) is 5.82 Å². The van der Waals surface area contributed by atoms with Gasteiger partial charge in [0.25, 0.3) is 5.91 Å². The van der Waals surface area contributed by atoms with Crippen LogP contribution in [0.1, 0.15) is 47.4 Å². The van der Waals surface area contributed by atoms with Crippen LogP contribution in [0, 0.1) is 13.8 Å². The van der Waals surface area contributed by atoms with E-state index in [-0.39, 0.29) is 11.9 Å². The summed E-state index contributed by atoms with van der Waals surface area (Å²) in [6, 6.07) is 6.65. The molecule has 1 aliphatic carbocycles. The average molecular weight is 339 g/mol. The van der Waals surface area contributed by atoms with Crippen LogP contribution in [-0.4, -0.2) is 44.2 Å². The van der Waals surface area contributed by atoms with E-state index in [0.717, 1.165) is 43.1 Å². The van der Waals surface area contributed by atoms with Gasteiger partial charge in [-0.25, -0.2) is 4.98 Å². The van der Waals surface area contributed by atoms with Gasteiger partial charge >= 0.3 is 0 Å². The summed E-state index contributed by atoms with van der Waals surface area (Å²) in [5.74, 6) is 0.939. The molecule has 0 radical (unpaired) electrons. The van der Waals surface area contributed by atoms with Crippen LogP contribution in [0.5, 0.6) is 0 Å². The van der Waals surface area contributed by atoms with Gasteiger partial charge in [0.2, 0.25) is 0 Å². The molecule has 0 unspecified atom stereocenters. The molecule has 2 aromatic heterocycles. The van der Waals surface area contributed by atoms with E-state index in [1.54, 1.807) is 6.20 Å². The predicted octanol–water partition coefficient (Wildman–Crippen LogP) is 2.77. The number of nitrogens with zero attached hydrogens (tertiary/aromatic N) is 4. The molecular formula is C19H25N5O. The number of likely N-dealkylation sites (tertiary alicyclic amines) is 1. The van der Waals surface area contributed by atoms with E-state index in [1.807, 2.05) is 28.6 Å². The van der Waals surface area contributed by atoms with Crippen molar-refractivity contribution in [3.05, 3.63) is 41.3 Å². The third kappa shape index (κ3) is 3.52. The first-order chi connectivity index (χ1) is 12.1. The van der Waals surface area contributed by atoms with E-state index in [0.29, 0.717) is 11.6 Å². The number of aryl methyl sites for hydroxylation is 2. The highest BCUT2D eigenvalue weighted by atomic mass is 16.2. The standard InChI is InChI=1S/C19H25N5O/c1-13-10-14(2)24(22-13)12-17-4-3-9-23(17)19(25)15-5-8-18(20-11-15)21-16-6-7-16/h5,8,10-11,16-17H,3-4,6-7,9,12H2,1-2H3,(H,20,21)/t17-/m0/s1. The second kappa shape index (κ2) is 6.50. The molecule has 2 fully saturated rings. The Hall–Kier alpha value is -2.37. The summed E-state index contributed by atoms with van der Waals surface area (Å²) in [6.07, 6.45) is 6.20. The van der Waals surface area contributed by atoms with E-state index in [2.05, 4.69) is 28.4 Å². The largest absolute Gasteiger partial charge is 0.367 e. The number of rotatable bonds is 5. The maximum Gasteiger partial charge on any atom is 0.255 e. The SMILES string of the molecule is Cc1cc(C)n(C[C@@H]2CCCN2C(=O)c2ccc(NC3CC3)nc2)n1. The van der Waals surface area contributed by atoms with E-state index in [9.17, 15) is 4.79 Å². The molecule has 0 bridgehead atoms. The molecule has 1 saturated carbocycles. The lowest BCUT2D eigenvalue weighted by molar-refractivity contribution is 0.0720. The van der Waals surface area contributed by atoms with Crippen molar-refractivity contribution in [3.8, 4) is 0 Å². The summed E-state index contributed by atoms with van der Waals surface area (Å²) < 4.78 is 2.02. The van der Waals surface area contributed by atoms with Gasteiger partial charge in [-0.1, -0.05) is 0 Å². The maximum atomic E-state index is 12.9. The third-order valence-corrected chi connectivity index (χ3v) is 5.06. The molecule has 1 N–H and O–H groups in total. The third-order valence-electron chi connectivity index (χ3n) is 5.06. The number of hydrogen-bond acceptors (Lipinski definition) is 4. The van der Waals surface area contributed by atoms with E-state index in [1.165, 1.54) is 12.8 Å². The molecule has 0 spiro atoms. The fourth-order valence-electron chi connectivity index (χ4n) is 3.56. The fourth-order valence-corrected chi connectivity index (χ4v) is 3.56. The number of anilines is 1. The second-order valence-corrected chi connectivity index (χ2v) is 7.25. The zero-order valence-electron chi connectivity index (χ0n) is 14.9. The first kappa shape index (κ1) is 16.1. The first-order valence-electron chi connectivity index (χ1n) is 9.15. The Morgan fingerprint density at radius 2 is 2.12 bits per heavy atom. The van der Waals surface area contributed by atoms with Crippen molar-refractivity contribution in [2.24, 2.45) is 0 Å². The number of carbonyl (C=O) groups is 1. The van der Waals surface area contributed by atoms with Crippen molar-refractivity contribution in [1.82, 2.24) is 19.7 Å². The molecule has 1 amide bonds. The zero-order valence-corrected chi connectivity index (χ0v) is 14.9. The topological polar surface area (TPSA) is 63.1 Å². The molecule has 4 rings (SSSR count). The van der Waals surface area contributed by atoms with Crippen LogP contribution in [0.4, 0.5) is 5.82 Å². The Balaban J connectivity index is 1.45. The summed E-state index contributed by atoms with van der Waals surface area (Å²) in [7, 11) is 0. The number of amides is 1. The molecule has 1 atom stereocenters. The van der Waals surface area contributed by atoms with E-state index >= 15 is 0 Å². The lowest BCUT2D eigenvalue weighted by Crippen LogP contribution is -2.38. The summed E-state index contributed by atoms with van der Waals surface area (Å²) in [4.78, 5) is 19.3. The minimum absolute atomic E-state index is 0.0782. The van der Waals surface area contributed by atoms with Crippen LogP contribution in [-0.2, 0) is 6.54 Å². The Labute approximate surface area is 148 Å². The molecule has 6 nitrogen and oxygen atoms in total. The monoisotopic (exact) mass is 339 g/mol. The van der Waals surface area contributed by atoms with Gasteiger partial charge in [-0.15, -0.1) is 0 Å². The Morgan fingerprint density at radius 3 is 2.76 bits per heavy atom. The molecule has 6 heteroatoms. The van der Waals surface area contributed by atoms with Crippen molar-refractivity contribution < 1.29 is 4.79 Å². The van der Waals surface area contributed by atoms with Crippen molar-refractivity contribution in [2.75, 3.05) is 11.9 Å². The minimum Gasteiger partial charge on any atom is -0.367 e. The van der Waals surface area contributed by atoms with Gasteiger partial charge in [0.05, 0.1) is 23.8 Å². The van der Waals surface area contributed by atoms with Crippen molar-refractivity contribution >= 4 is 11.7 Å². The summed E-state index contributed by atoms with van der Waals surface area (Å²) in [5, 5.41) is 7.90. The second-order valence-electron chi connectivity index (χ2n) is 7.25. The smallest absolute Gasteiger partial charge is 0.255 e. The molecule has 25 heavy (non-hydrogen) atoms. The molecule has 132 valence electrons. The lowest BCUT2D eigenvalue weighted by Gasteiger charge is -2.25. The molecule has 1 saturated heterocycles. The van der Waals surface area contributed by atoms with Gasteiger partial charge in [0, 0.05) is 24.5 Å². The predicted molar refractivity (Wildman–Crippen MR) is 96.6 cm³/mol. The fraction of sp³-hybridized carbons (Fsp3) is 0.526. The van der Waals surface area contributed by atoms with Crippen LogP contribution >= 0.6 is 0 Å². The zero-order chi connectivity index (χ0) is 17.4. The van der Waals surface area contributed by atoms with Gasteiger partial charge in [0.15, 0.2) is 0 Å². The maximum absolute atomic E-state index is 12.9. The highest BCUT2D eigenvalue weighted by Gasteiger charge is 2.30. The van der Waals surface area contributed by atoms with Crippen molar-refractivity contribution in [3.63, 3.8) is 0 Å². The molecule has 2 aliphatic rings. The Bertz CT molecular complexity index is 763. The van der Waals surface area contributed by atoms with E-state index in [4.69, 9.17) is 0 Å². The van der Waals surface area contributed by atoms with Gasteiger partial charge < -0.3 is 10.2 Å². The van der Waals surface area contributed by atoms with Crippen molar-refractivity contribution in [1.29, 1.82) is 0 Å². The van der Waals surface area contributed by atoms with Crippen LogP contribution in [0.15, 0.2) is 24.4 Å². The summed E-state index contributed by atoms with van der Waals surface area (Å²) in [5.41, 5.74) is 2.84. The van der Waals surface area contributed by atoms with Crippen LogP contribution < -0.4 is 5.32 Å². The Kier molecular flexibility index (Phi) is 4.19. The van der Waals surface area contributed by atoms with Gasteiger partial charge in [-0.3, -0.25) is 9.48 Å². The van der Waals surface area contributed by atoms with Crippen molar-refractivity contribution in [2.45, 2.75) is 58.2 Å². The van der Waals surface area contributed by atoms with Crippen LogP contribution in [0.3, 0.4) is 0 Å². The molecular weight excluding hydrogens is 314 g/mol. The highest BCUT2D eigenvalue weighted by Crippen LogP contribution is 2.25. The summed E-state index contributed by atoms with van der Waals surface area (Å²) in [6.45, 7) is 5.64. The number of nitrogens with one attached hydrogen (secondary N) is 1. The lowest BCUT2D eigenvalue weighted by atomic mass is 10.2. The van der Waals surface area contributed by atoms with Crippen LogP contribution in [0.2, 0.25) is 0 Å². The molecule has 2 aromatic rings. The van der Waals surface area contributed by atoms with Gasteiger partial charge in [-0.05, 0) is 57.7 Å². The average Bonchev–Trinajstić information content (AvgIpc) is 3.19. The first-order valence-corrected chi connectivity index (χ1v) is 9.15.